The molecule has 49 heavy (non-hydrogen) atoms. The number of hydrogen-bond acceptors (Lipinski definition) is 6. The minimum absolute atomic E-state index is 0.0348. The molecule has 0 bridgehead atoms. The van der Waals surface area contributed by atoms with Crippen LogP contribution in [-0.4, -0.2) is 64.8 Å². The standard InChI is InChI=1S/C38H55ClN4O6/c39-28-13-7-11-25(20-28)19-26-12-8-14-32(26)49-37(48)42-31(21-24-9-3-1-4-10-24)35(46)41-30(33(44)36(47)40-29-15-16-29)22-27-23-38(43-34(27)45)17-5-2-6-18-38/h7,11,13,20,24,26-27,29-33,44H,1-6,8-10,12,14-19,21-23H2,(H,40,47)(H,41,46)(H,42,48)(H,43,45)/t26?,27?,30?,31-,32?,33?/m0/s1. The fraction of sp³-hybridized carbons (Fsp3) is 0.737. The van der Waals surface area contributed by atoms with Gasteiger partial charge in [0.2, 0.25) is 11.8 Å². The molecule has 4 aliphatic carbocycles. The van der Waals surface area contributed by atoms with E-state index in [4.69, 9.17) is 16.3 Å². The zero-order chi connectivity index (χ0) is 34.4. The number of hydrogen-bond donors (Lipinski definition) is 5. The molecule has 5 N–H and O–H groups in total. The number of carbonyl (C=O) groups excluding carboxylic acids is 4. The van der Waals surface area contributed by atoms with Gasteiger partial charge in [-0.1, -0.05) is 75.1 Å². The Labute approximate surface area is 295 Å². The Morgan fingerprint density at radius 1 is 0.918 bits per heavy atom. The van der Waals surface area contributed by atoms with Gasteiger partial charge in [-0.2, -0.15) is 0 Å². The van der Waals surface area contributed by atoms with Crippen LogP contribution in [0.15, 0.2) is 24.3 Å². The van der Waals surface area contributed by atoms with Crippen molar-refractivity contribution in [3.8, 4) is 0 Å². The fourth-order valence-corrected chi connectivity index (χ4v) is 9.15. The summed E-state index contributed by atoms with van der Waals surface area (Å²) in [5, 5.41) is 23.9. The Morgan fingerprint density at radius 3 is 2.41 bits per heavy atom. The average molecular weight is 699 g/mol. The quantitative estimate of drug-likeness (QED) is 0.185. The highest BCUT2D eigenvalue weighted by Crippen LogP contribution is 2.40. The van der Waals surface area contributed by atoms with Crippen molar-refractivity contribution in [2.24, 2.45) is 17.8 Å². The second-order valence-electron chi connectivity index (χ2n) is 15.7. The van der Waals surface area contributed by atoms with Crippen molar-refractivity contribution in [1.82, 2.24) is 21.3 Å². The third kappa shape index (κ3) is 9.90. The molecule has 6 rings (SSSR count). The molecule has 0 aromatic heterocycles. The Bertz CT molecular complexity index is 1330. The van der Waals surface area contributed by atoms with Crippen molar-refractivity contribution >= 4 is 35.4 Å². The Morgan fingerprint density at radius 2 is 1.67 bits per heavy atom. The number of amides is 4. The van der Waals surface area contributed by atoms with E-state index in [-0.39, 0.29) is 41.8 Å². The fourth-order valence-electron chi connectivity index (χ4n) is 8.94. The third-order valence-electron chi connectivity index (χ3n) is 11.8. The van der Waals surface area contributed by atoms with Crippen LogP contribution in [0.5, 0.6) is 0 Å². The number of aliphatic hydroxyl groups excluding tert-OH is 1. The van der Waals surface area contributed by atoms with Gasteiger partial charge in [0.15, 0.2) is 6.10 Å². The first-order chi connectivity index (χ1) is 23.7. The highest BCUT2D eigenvalue weighted by molar-refractivity contribution is 6.30. The number of halogens is 1. The molecule has 5 unspecified atom stereocenters. The molecule has 4 saturated carbocycles. The minimum atomic E-state index is -1.52. The van der Waals surface area contributed by atoms with Crippen molar-refractivity contribution in [2.75, 3.05) is 0 Å². The molecule has 270 valence electrons. The van der Waals surface area contributed by atoms with Crippen LogP contribution in [0.4, 0.5) is 4.79 Å². The number of carbonyl (C=O) groups is 4. The summed E-state index contributed by atoms with van der Waals surface area (Å²) in [5.41, 5.74) is 0.860. The van der Waals surface area contributed by atoms with E-state index in [9.17, 15) is 24.3 Å². The summed E-state index contributed by atoms with van der Waals surface area (Å²) in [6, 6.07) is 5.91. The zero-order valence-corrected chi connectivity index (χ0v) is 29.5. The Balaban J connectivity index is 1.13. The summed E-state index contributed by atoms with van der Waals surface area (Å²) < 4.78 is 5.99. The molecular formula is C38H55ClN4O6. The van der Waals surface area contributed by atoms with Gasteiger partial charge < -0.3 is 31.1 Å². The molecule has 4 amide bonds. The van der Waals surface area contributed by atoms with E-state index in [1.165, 1.54) is 0 Å². The maximum Gasteiger partial charge on any atom is 0.408 e. The van der Waals surface area contributed by atoms with E-state index in [0.717, 1.165) is 108 Å². The van der Waals surface area contributed by atoms with Crippen LogP contribution in [0, 0.1) is 17.8 Å². The molecule has 1 aromatic carbocycles. The summed E-state index contributed by atoms with van der Waals surface area (Å²) in [6.07, 6.45) is 14.3. The third-order valence-corrected chi connectivity index (χ3v) is 12.0. The zero-order valence-electron chi connectivity index (χ0n) is 28.7. The first-order valence-electron chi connectivity index (χ1n) is 19.0. The van der Waals surface area contributed by atoms with E-state index in [1.807, 2.05) is 24.3 Å². The second kappa shape index (κ2) is 16.4. The number of aliphatic hydroxyl groups is 1. The lowest BCUT2D eigenvalue weighted by Gasteiger charge is -2.33. The number of nitrogens with one attached hydrogen (secondary N) is 4. The normalized spacial score (nSPS) is 27.1. The van der Waals surface area contributed by atoms with E-state index < -0.39 is 42.0 Å². The maximum absolute atomic E-state index is 14.1. The lowest BCUT2D eigenvalue weighted by Crippen LogP contribution is -2.57. The monoisotopic (exact) mass is 698 g/mol. The van der Waals surface area contributed by atoms with Gasteiger partial charge in [0, 0.05) is 28.4 Å². The van der Waals surface area contributed by atoms with Gasteiger partial charge in [-0.05, 0) is 94.2 Å². The lowest BCUT2D eigenvalue weighted by molar-refractivity contribution is -0.134. The lowest BCUT2D eigenvalue weighted by atomic mass is 9.78. The molecule has 5 fully saturated rings. The average Bonchev–Trinajstić information content (AvgIpc) is 3.72. The van der Waals surface area contributed by atoms with Gasteiger partial charge in [0.1, 0.15) is 12.1 Å². The molecule has 1 aromatic rings. The number of alkyl carbamates (subject to hydrolysis) is 1. The van der Waals surface area contributed by atoms with Gasteiger partial charge >= 0.3 is 6.09 Å². The van der Waals surface area contributed by atoms with Gasteiger partial charge in [-0.25, -0.2) is 4.79 Å². The predicted molar refractivity (Wildman–Crippen MR) is 187 cm³/mol. The van der Waals surface area contributed by atoms with Gasteiger partial charge in [0.25, 0.3) is 5.91 Å². The summed E-state index contributed by atoms with van der Waals surface area (Å²) >= 11 is 6.21. The SMILES string of the molecule is O=C(N[C@@H](CC1CCCCC1)C(=O)NC(CC1CC2(CCCCC2)NC1=O)C(O)C(=O)NC1CC1)OC1CCCC1Cc1cccc(Cl)c1. The van der Waals surface area contributed by atoms with Crippen molar-refractivity contribution in [3.63, 3.8) is 0 Å². The molecule has 1 aliphatic heterocycles. The highest BCUT2D eigenvalue weighted by atomic mass is 35.5. The van der Waals surface area contributed by atoms with Crippen molar-refractivity contribution < 1.29 is 29.0 Å². The van der Waals surface area contributed by atoms with E-state index in [0.29, 0.717) is 17.9 Å². The largest absolute Gasteiger partial charge is 0.446 e. The van der Waals surface area contributed by atoms with Gasteiger partial charge in [-0.15, -0.1) is 0 Å². The van der Waals surface area contributed by atoms with Crippen LogP contribution < -0.4 is 21.3 Å². The summed E-state index contributed by atoms with van der Waals surface area (Å²) in [7, 11) is 0. The number of ether oxygens (including phenoxy) is 1. The highest BCUT2D eigenvalue weighted by Gasteiger charge is 2.46. The number of rotatable bonds is 13. The van der Waals surface area contributed by atoms with Crippen LogP contribution in [0.2, 0.25) is 5.02 Å². The van der Waals surface area contributed by atoms with Crippen molar-refractivity contribution in [2.45, 2.75) is 158 Å². The van der Waals surface area contributed by atoms with Crippen LogP contribution in [0.25, 0.3) is 0 Å². The number of benzene rings is 1. The summed E-state index contributed by atoms with van der Waals surface area (Å²) in [4.78, 5) is 53.9. The molecule has 1 spiro atoms. The first kappa shape index (κ1) is 36.0. The topological polar surface area (TPSA) is 146 Å². The van der Waals surface area contributed by atoms with E-state index >= 15 is 0 Å². The molecular weight excluding hydrogens is 644 g/mol. The summed E-state index contributed by atoms with van der Waals surface area (Å²) in [6.45, 7) is 0. The summed E-state index contributed by atoms with van der Waals surface area (Å²) in [5.74, 6) is -1.09. The van der Waals surface area contributed by atoms with E-state index in [1.54, 1.807) is 0 Å². The Kier molecular flexibility index (Phi) is 12.1. The molecule has 10 nitrogen and oxygen atoms in total. The molecule has 1 saturated heterocycles. The molecule has 6 atom stereocenters. The van der Waals surface area contributed by atoms with Crippen LogP contribution in [0.1, 0.15) is 121 Å². The van der Waals surface area contributed by atoms with Crippen molar-refractivity contribution in [1.29, 1.82) is 0 Å². The smallest absolute Gasteiger partial charge is 0.408 e. The Hall–Kier alpha value is -2.85. The second-order valence-corrected chi connectivity index (χ2v) is 16.2. The minimum Gasteiger partial charge on any atom is -0.446 e. The van der Waals surface area contributed by atoms with Gasteiger partial charge in [0.05, 0.1) is 6.04 Å². The van der Waals surface area contributed by atoms with Crippen LogP contribution in [-0.2, 0) is 25.5 Å². The maximum atomic E-state index is 14.1. The molecule has 5 aliphatic rings. The van der Waals surface area contributed by atoms with Crippen molar-refractivity contribution in [3.05, 3.63) is 34.9 Å². The molecule has 11 heteroatoms. The van der Waals surface area contributed by atoms with E-state index in [2.05, 4.69) is 21.3 Å². The molecule has 1 heterocycles. The molecule has 0 radical (unpaired) electrons. The predicted octanol–water partition coefficient (Wildman–Crippen LogP) is 5.47. The first-order valence-corrected chi connectivity index (χ1v) is 19.4. The van der Waals surface area contributed by atoms with Crippen LogP contribution in [0.3, 0.4) is 0 Å². The van der Waals surface area contributed by atoms with Crippen LogP contribution >= 0.6 is 11.6 Å². The van der Waals surface area contributed by atoms with Gasteiger partial charge in [-0.3, -0.25) is 14.4 Å².